The summed E-state index contributed by atoms with van der Waals surface area (Å²) in [5.74, 6) is -0.202. The van der Waals surface area contributed by atoms with Crippen molar-refractivity contribution in [3.8, 4) is 5.75 Å². The smallest absolute Gasteiger partial charge is 0.335 e. The van der Waals surface area contributed by atoms with E-state index in [2.05, 4.69) is 11.4 Å². The summed E-state index contributed by atoms with van der Waals surface area (Å²) in [6, 6.07) is 12.1. The fraction of sp³-hybridized carbons (Fsp3) is 0.263. The number of hydrogen-bond donors (Lipinski definition) is 2. The van der Waals surface area contributed by atoms with E-state index in [1.165, 1.54) is 17.7 Å². The second-order valence-electron chi connectivity index (χ2n) is 5.59. The summed E-state index contributed by atoms with van der Waals surface area (Å²) in [6.07, 6.45) is 1.97. The summed E-state index contributed by atoms with van der Waals surface area (Å²) in [4.78, 5) is 22.7. The average Bonchev–Trinajstić information content (AvgIpc) is 2.55. The lowest BCUT2D eigenvalue weighted by atomic mass is 10.0. The highest BCUT2D eigenvalue weighted by atomic mass is 16.5. The average molecular weight is 327 g/mol. The van der Waals surface area contributed by atoms with Crippen molar-refractivity contribution in [3.63, 3.8) is 0 Å². The predicted octanol–water partition coefficient (Wildman–Crippen LogP) is 3.66. The number of rotatable bonds is 7. The number of amides is 1. The maximum atomic E-state index is 11.9. The highest BCUT2D eigenvalue weighted by Crippen LogP contribution is 2.19. The van der Waals surface area contributed by atoms with Crippen LogP contribution in [0.25, 0.3) is 0 Å². The highest BCUT2D eigenvalue weighted by molar-refractivity contribution is 5.92. The maximum absolute atomic E-state index is 11.9. The van der Waals surface area contributed by atoms with Gasteiger partial charge < -0.3 is 15.2 Å². The highest BCUT2D eigenvalue weighted by Gasteiger charge is 2.06. The molecule has 0 aliphatic rings. The minimum absolute atomic E-state index is 0.0803. The second-order valence-corrected chi connectivity index (χ2v) is 5.59. The number of carboxylic acids is 1. The van der Waals surface area contributed by atoms with E-state index in [1.807, 2.05) is 19.1 Å². The van der Waals surface area contributed by atoms with E-state index in [1.54, 1.807) is 19.2 Å². The van der Waals surface area contributed by atoms with Gasteiger partial charge in [-0.2, -0.15) is 0 Å². The molecule has 126 valence electrons. The van der Waals surface area contributed by atoms with Crippen LogP contribution < -0.4 is 10.1 Å². The summed E-state index contributed by atoms with van der Waals surface area (Å²) in [6.45, 7) is 2.00. The molecule has 5 nitrogen and oxygen atoms in total. The second kappa shape index (κ2) is 8.15. The summed E-state index contributed by atoms with van der Waals surface area (Å²) < 4.78 is 5.23. The molecule has 0 aromatic heterocycles. The Labute approximate surface area is 141 Å². The number of carboxylic acid groups (broad SMARTS) is 1. The lowest BCUT2D eigenvalue weighted by Gasteiger charge is -2.08. The molecule has 0 bridgehead atoms. The van der Waals surface area contributed by atoms with Gasteiger partial charge >= 0.3 is 5.97 Å². The van der Waals surface area contributed by atoms with E-state index in [4.69, 9.17) is 9.84 Å². The lowest BCUT2D eigenvalue weighted by molar-refractivity contribution is -0.116. The molecule has 2 rings (SSSR count). The van der Waals surface area contributed by atoms with Crippen molar-refractivity contribution in [1.82, 2.24) is 0 Å². The van der Waals surface area contributed by atoms with Crippen molar-refractivity contribution in [3.05, 3.63) is 59.2 Å². The van der Waals surface area contributed by atoms with Crippen LogP contribution in [0.4, 0.5) is 5.69 Å². The van der Waals surface area contributed by atoms with Crippen molar-refractivity contribution >= 4 is 17.6 Å². The van der Waals surface area contributed by atoms with Gasteiger partial charge in [0.2, 0.25) is 5.91 Å². The molecule has 0 saturated heterocycles. The molecule has 0 spiro atoms. The molecule has 0 fully saturated rings. The van der Waals surface area contributed by atoms with Gasteiger partial charge in [0.1, 0.15) is 5.75 Å². The Hall–Kier alpha value is -2.82. The summed E-state index contributed by atoms with van der Waals surface area (Å²) in [7, 11) is 1.65. The van der Waals surface area contributed by atoms with Gasteiger partial charge in [-0.05, 0) is 61.2 Å². The first-order valence-electron chi connectivity index (χ1n) is 7.76. The van der Waals surface area contributed by atoms with Gasteiger partial charge in [0.15, 0.2) is 0 Å². The first kappa shape index (κ1) is 17.5. The van der Waals surface area contributed by atoms with E-state index in [0.717, 1.165) is 24.2 Å². The Morgan fingerprint density at radius 2 is 1.83 bits per heavy atom. The van der Waals surface area contributed by atoms with Crippen LogP contribution in [0, 0.1) is 6.92 Å². The molecule has 0 saturated carbocycles. The Kier molecular flexibility index (Phi) is 5.95. The normalized spacial score (nSPS) is 10.2. The van der Waals surface area contributed by atoms with Crippen LogP contribution in [0.3, 0.4) is 0 Å². The van der Waals surface area contributed by atoms with Gasteiger partial charge in [-0.3, -0.25) is 4.79 Å². The largest absolute Gasteiger partial charge is 0.496 e. The van der Waals surface area contributed by atoms with Crippen molar-refractivity contribution < 1.29 is 19.4 Å². The molecule has 5 heteroatoms. The van der Waals surface area contributed by atoms with E-state index in [9.17, 15) is 9.59 Å². The molecule has 2 aromatic carbocycles. The Morgan fingerprint density at radius 3 is 2.42 bits per heavy atom. The third-order valence-electron chi connectivity index (χ3n) is 3.74. The van der Waals surface area contributed by atoms with Crippen molar-refractivity contribution in [2.75, 3.05) is 12.4 Å². The number of aromatic carboxylic acids is 1. The third-order valence-corrected chi connectivity index (χ3v) is 3.74. The molecule has 2 aromatic rings. The number of nitrogens with one attached hydrogen (secondary N) is 1. The van der Waals surface area contributed by atoms with E-state index < -0.39 is 5.97 Å². The number of carbonyl (C=O) groups is 2. The van der Waals surface area contributed by atoms with Crippen LogP contribution in [-0.2, 0) is 11.2 Å². The lowest BCUT2D eigenvalue weighted by Crippen LogP contribution is -2.11. The third kappa shape index (κ3) is 4.84. The number of methoxy groups -OCH3 is 1. The van der Waals surface area contributed by atoms with Crippen LogP contribution in [0.5, 0.6) is 5.75 Å². The van der Waals surface area contributed by atoms with Crippen LogP contribution in [0.1, 0.15) is 34.3 Å². The Bertz CT molecular complexity index is 723. The monoisotopic (exact) mass is 327 g/mol. The Balaban J connectivity index is 1.80. The topological polar surface area (TPSA) is 75.6 Å². The number of hydrogen-bond acceptors (Lipinski definition) is 3. The standard InChI is InChI=1S/C19H21NO4/c1-13-12-14(6-11-17(13)24-2)4-3-5-18(21)20-16-9-7-15(8-10-16)19(22)23/h6-12H,3-5H2,1-2H3,(H,20,21)(H,22,23). The molecule has 0 aliphatic carbocycles. The SMILES string of the molecule is COc1ccc(CCCC(=O)Nc2ccc(C(=O)O)cc2)cc1C. The molecule has 2 N–H and O–H groups in total. The van der Waals surface area contributed by atoms with Crippen LogP contribution >= 0.6 is 0 Å². The molecule has 1 amide bonds. The molecule has 0 radical (unpaired) electrons. The van der Waals surface area contributed by atoms with Gasteiger partial charge in [-0.1, -0.05) is 12.1 Å². The van der Waals surface area contributed by atoms with Gasteiger partial charge in [0.05, 0.1) is 12.7 Å². The minimum atomic E-state index is -0.984. The van der Waals surface area contributed by atoms with Gasteiger partial charge in [-0.25, -0.2) is 4.79 Å². The number of carbonyl (C=O) groups excluding carboxylic acids is 1. The van der Waals surface area contributed by atoms with Gasteiger partial charge in [-0.15, -0.1) is 0 Å². The Morgan fingerprint density at radius 1 is 1.12 bits per heavy atom. The fourth-order valence-electron chi connectivity index (χ4n) is 2.47. The van der Waals surface area contributed by atoms with Crippen molar-refractivity contribution in [1.29, 1.82) is 0 Å². The molecule has 0 aliphatic heterocycles. The van der Waals surface area contributed by atoms with E-state index in [0.29, 0.717) is 12.1 Å². The fourth-order valence-corrected chi connectivity index (χ4v) is 2.47. The van der Waals surface area contributed by atoms with Crippen LogP contribution in [-0.4, -0.2) is 24.1 Å². The maximum Gasteiger partial charge on any atom is 0.335 e. The zero-order valence-electron chi connectivity index (χ0n) is 13.8. The zero-order valence-corrected chi connectivity index (χ0v) is 13.8. The number of benzene rings is 2. The number of ether oxygens (including phenoxy) is 1. The van der Waals surface area contributed by atoms with Crippen LogP contribution in [0.2, 0.25) is 0 Å². The zero-order chi connectivity index (χ0) is 17.5. The van der Waals surface area contributed by atoms with Gasteiger partial charge in [0.25, 0.3) is 0 Å². The molecule has 0 unspecified atom stereocenters. The first-order valence-corrected chi connectivity index (χ1v) is 7.76. The molecular weight excluding hydrogens is 306 g/mol. The molecule has 0 atom stereocenters. The quantitative estimate of drug-likeness (QED) is 0.813. The number of anilines is 1. The van der Waals surface area contributed by atoms with E-state index in [-0.39, 0.29) is 11.5 Å². The van der Waals surface area contributed by atoms with Crippen molar-refractivity contribution in [2.24, 2.45) is 0 Å². The summed E-state index contributed by atoms with van der Waals surface area (Å²) in [5, 5.41) is 11.6. The molecule has 0 heterocycles. The van der Waals surface area contributed by atoms with Crippen LogP contribution in [0.15, 0.2) is 42.5 Å². The molecular formula is C19H21NO4. The summed E-state index contributed by atoms with van der Waals surface area (Å²) in [5.41, 5.74) is 3.05. The summed E-state index contributed by atoms with van der Waals surface area (Å²) >= 11 is 0. The molecule has 24 heavy (non-hydrogen) atoms. The minimum Gasteiger partial charge on any atom is -0.496 e. The predicted molar refractivity (Wildman–Crippen MR) is 92.7 cm³/mol. The van der Waals surface area contributed by atoms with Gasteiger partial charge in [0, 0.05) is 12.1 Å². The first-order chi connectivity index (χ1) is 11.5. The number of aryl methyl sites for hydroxylation is 2. The van der Waals surface area contributed by atoms with E-state index >= 15 is 0 Å². The van der Waals surface area contributed by atoms with Crippen molar-refractivity contribution in [2.45, 2.75) is 26.2 Å².